The highest BCUT2D eigenvalue weighted by molar-refractivity contribution is 5.96. The molecule has 3 N–H and O–H groups in total. The van der Waals surface area contributed by atoms with E-state index >= 15 is 0 Å². The first-order chi connectivity index (χ1) is 16.5. The minimum atomic E-state index is -0.0466. The third-order valence-electron chi connectivity index (χ3n) is 5.56. The quantitative estimate of drug-likeness (QED) is 0.209. The van der Waals surface area contributed by atoms with E-state index in [4.69, 9.17) is 15.2 Å². The highest BCUT2D eigenvalue weighted by Gasteiger charge is 2.10. The Hall–Kier alpha value is -3.87. The van der Waals surface area contributed by atoms with Crippen molar-refractivity contribution >= 4 is 23.1 Å². The van der Waals surface area contributed by atoms with Gasteiger partial charge in [0, 0.05) is 30.2 Å². The lowest BCUT2D eigenvalue weighted by atomic mass is 10.0. The van der Waals surface area contributed by atoms with Crippen LogP contribution in [0.25, 0.3) is 11.3 Å². The second-order valence-corrected chi connectivity index (χ2v) is 7.97. The van der Waals surface area contributed by atoms with Crippen LogP contribution in [0.2, 0.25) is 0 Å². The van der Waals surface area contributed by atoms with Gasteiger partial charge in [0.1, 0.15) is 0 Å². The smallest absolute Gasteiger partial charge is 0.224 e. The number of hydrogen-bond acceptors (Lipinski definition) is 6. The van der Waals surface area contributed by atoms with Crippen LogP contribution in [0, 0.1) is 0 Å². The minimum Gasteiger partial charge on any atom is -0.493 e. The van der Waals surface area contributed by atoms with Crippen LogP contribution in [0.3, 0.4) is 0 Å². The summed E-state index contributed by atoms with van der Waals surface area (Å²) in [7, 11) is 3.18. The Bertz CT molecular complexity index is 1110. The summed E-state index contributed by atoms with van der Waals surface area (Å²) in [5.74, 6) is 1.31. The number of nitrogens with two attached hydrogens (primary N) is 1. The average Bonchev–Trinajstić information content (AvgIpc) is 2.87. The van der Waals surface area contributed by atoms with Gasteiger partial charge in [-0.05, 0) is 55.3 Å². The van der Waals surface area contributed by atoms with Crippen molar-refractivity contribution in [2.24, 2.45) is 0 Å². The van der Waals surface area contributed by atoms with Crippen LogP contribution in [-0.2, 0) is 4.79 Å². The Morgan fingerprint density at radius 3 is 2.29 bits per heavy atom. The molecule has 7 heteroatoms. The van der Waals surface area contributed by atoms with E-state index in [0.29, 0.717) is 41.3 Å². The number of pyridine rings is 1. The monoisotopic (exact) mass is 461 g/mol. The fourth-order valence-corrected chi connectivity index (χ4v) is 3.62. The molecule has 0 aliphatic rings. The molecule has 0 saturated heterocycles. The zero-order valence-electron chi connectivity index (χ0n) is 19.7. The number of anilines is 2. The van der Waals surface area contributed by atoms with Gasteiger partial charge in [0.15, 0.2) is 17.3 Å². The van der Waals surface area contributed by atoms with Crippen molar-refractivity contribution in [3.05, 3.63) is 66.4 Å². The maximum Gasteiger partial charge on any atom is 0.224 e. The molecule has 0 aliphatic heterocycles. The molecule has 178 valence electrons. The highest BCUT2D eigenvalue weighted by Crippen LogP contribution is 2.31. The van der Waals surface area contributed by atoms with Gasteiger partial charge in [0.2, 0.25) is 5.91 Å². The number of para-hydroxylation sites is 2. The Balaban J connectivity index is 1.39. The summed E-state index contributed by atoms with van der Waals surface area (Å²) in [5, 5.41) is 2.83. The van der Waals surface area contributed by atoms with Gasteiger partial charge < -0.3 is 20.5 Å². The number of benzene rings is 2. The number of nitrogen functional groups attached to an aromatic ring is 1. The molecule has 0 spiro atoms. The molecule has 0 aliphatic carbocycles. The largest absolute Gasteiger partial charge is 0.493 e. The van der Waals surface area contributed by atoms with E-state index in [-0.39, 0.29) is 11.7 Å². The number of unbranched alkanes of at least 4 members (excludes halogenated alkanes) is 3. The van der Waals surface area contributed by atoms with E-state index in [1.54, 1.807) is 38.6 Å². The van der Waals surface area contributed by atoms with Crippen LogP contribution in [0.5, 0.6) is 11.5 Å². The van der Waals surface area contributed by atoms with Gasteiger partial charge in [-0.3, -0.25) is 14.6 Å². The number of ketones is 1. The Morgan fingerprint density at radius 2 is 1.62 bits per heavy atom. The number of amides is 1. The van der Waals surface area contributed by atoms with Crippen molar-refractivity contribution in [3.63, 3.8) is 0 Å². The van der Waals surface area contributed by atoms with Crippen LogP contribution >= 0.6 is 0 Å². The third-order valence-corrected chi connectivity index (χ3v) is 5.56. The average molecular weight is 462 g/mol. The molecule has 0 radical (unpaired) electrons. The van der Waals surface area contributed by atoms with Gasteiger partial charge in [-0.25, -0.2) is 0 Å². The van der Waals surface area contributed by atoms with Crippen LogP contribution < -0.4 is 20.5 Å². The van der Waals surface area contributed by atoms with Gasteiger partial charge in [-0.15, -0.1) is 0 Å². The summed E-state index contributed by atoms with van der Waals surface area (Å²) < 4.78 is 10.6. The Labute approximate surface area is 200 Å². The van der Waals surface area contributed by atoms with Crippen molar-refractivity contribution in [1.29, 1.82) is 0 Å². The Kier molecular flexibility index (Phi) is 9.03. The van der Waals surface area contributed by atoms with Crippen molar-refractivity contribution < 1.29 is 19.1 Å². The topological polar surface area (TPSA) is 104 Å². The van der Waals surface area contributed by atoms with Crippen LogP contribution in [0.15, 0.2) is 60.8 Å². The summed E-state index contributed by atoms with van der Waals surface area (Å²) in [4.78, 5) is 29.0. The van der Waals surface area contributed by atoms with E-state index in [0.717, 1.165) is 36.9 Å². The zero-order chi connectivity index (χ0) is 24.3. The van der Waals surface area contributed by atoms with E-state index in [1.807, 2.05) is 36.4 Å². The standard InChI is InChI=1S/C27H31N3O4/c1-33-25-16-14-19(17-26(25)34-2)22-15-13-20(18-29-22)24(31)11-5-3-4-6-12-27(32)30-23-10-8-7-9-21(23)28/h7-10,13-18H,3-6,11-12,28H2,1-2H3,(H,30,32). The number of carbonyl (C=O) groups is 2. The summed E-state index contributed by atoms with van der Waals surface area (Å²) >= 11 is 0. The van der Waals surface area contributed by atoms with Crippen LogP contribution in [-0.4, -0.2) is 30.9 Å². The first-order valence-corrected chi connectivity index (χ1v) is 11.4. The second-order valence-electron chi connectivity index (χ2n) is 7.97. The molecule has 0 bridgehead atoms. The number of nitrogens with one attached hydrogen (secondary N) is 1. The molecule has 1 amide bonds. The van der Waals surface area contributed by atoms with Gasteiger partial charge in [-0.2, -0.15) is 0 Å². The number of aromatic nitrogens is 1. The maximum atomic E-state index is 12.5. The van der Waals surface area contributed by atoms with Gasteiger partial charge in [0.05, 0.1) is 31.3 Å². The summed E-state index contributed by atoms with van der Waals surface area (Å²) in [5.41, 5.74) is 9.28. The molecule has 3 aromatic rings. The number of ether oxygens (including phenoxy) is 2. The molecule has 1 aromatic heterocycles. The molecular formula is C27H31N3O4. The first kappa shape index (κ1) is 24.8. The fraction of sp³-hybridized carbons (Fsp3) is 0.296. The van der Waals surface area contributed by atoms with Crippen LogP contribution in [0.1, 0.15) is 48.9 Å². The van der Waals surface area contributed by atoms with Gasteiger partial charge in [0.25, 0.3) is 0 Å². The molecule has 3 rings (SSSR count). The summed E-state index contributed by atoms with van der Waals surface area (Å²) in [6, 6.07) is 16.4. The molecule has 0 unspecified atom stereocenters. The first-order valence-electron chi connectivity index (χ1n) is 11.4. The van der Waals surface area contributed by atoms with E-state index < -0.39 is 0 Å². The van der Waals surface area contributed by atoms with E-state index in [2.05, 4.69) is 10.3 Å². The third kappa shape index (κ3) is 6.81. The number of methoxy groups -OCH3 is 2. The predicted molar refractivity (Wildman–Crippen MR) is 134 cm³/mol. The minimum absolute atomic E-state index is 0.0466. The van der Waals surface area contributed by atoms with Crippen LogP contribution in [0.4, 0.5) is 11.4 Å². The molecule has 34 heavy (non-hydrogen) atoms. The number of hydrogen-bond donors (Lipinski definition) is 2. The lowest BCUT2D eigenvalue weighted by Gasteiger charge is -2.09. The van der Waals surface area contributed by atoms with E-state index in [1.165, 1.54) is 0 Å². The van der Waals surface area contributed by atoms with Crippen molar-refractivity contribution in [2.45, 2.75) is 38.5 Å². The summed E-state index contributed by atoms with van der Waals surface area (Å²) in [6.07, 6.45) is 5.85. The van der Waals surface area contributed by atoms with E-state index in [9.17, 15) is 9.59 Å². The lowest BCUT2D eigenvalue weighted by Crippen LogP contribution is -2.12. The SMILES string of the molecule is COc1ccc(-c2ccc(C(=O)CCCCCCC(=O)Nc3ccccc3N)cn2)cc1OC. The molecule has 7 nitrogen and oxygen atoms in total. The number of rotatable bonds is 12. The van der Waals surface area contributed by atoms with Crippen molar-refractivity contribution in [3.8, 4) is 22.8 Å². The van der Waals surface area contributed by atoms with Gasteiger partial charge >= 0.3 is 0 Å². The number of carbonyl (C=O) groups excluding carboxylic acids is 2. The van der Waals surface area contributed by atoms with Crippen molar-refractivity contribution in [2.75, 3.05) is 25.3 Å². The second kappa shape index (κ2) is 12.4. The number of Topliss-reactive ketones (excluding diaryl/α,β-unsaturated/α-hetero) is 1. The van der Waals surface area contributed by atoms with Gasteiger partial charge in [-0.1, -0.05) is 25.0 Å². The lowest BCUT2D eigenvalue weighted by molar-refractivity contribution is -0.116. The molecule has 0 atom stereocenters. The highest BCUT2D eigenvalue weighted by atomic mass is 16.5. The molecule has 0 fully saturated rings. The Morgan fingerprint density at radius 1 is 0.882 bits per heavy atom. The maximum absolute atomic E-state index is 12.5. The molecule has 0 saturated carbocycles. The predicted octanol–water partition coefficient (Wildman–Crippen LogP) is 5.51. The fourth-order valence-electron chi connectivity index (χ4n) is 3.62. The zero-order valence-corrected chi connectivity index (χ0v) is 19.7. The normalized spacial score (nSPS) is 10.5. The molecule has 1 heterocycles. The molecule has 2 aromatic carbocycles. The van der Waals surface area contributed by atoms with Crippen molar-refractivity contribution in [1.82, 2.24) is 4.98 Å². The number of nitrogens with zero attached hydrogens (tertiary/aromatic N) is 1. The summed E-state index contributed by atoms with van der Waals surface area (Å²) in [6.45, 7) is 0. The molecular weight excluding hydrogens is 430 g/mol.